The van der Waals surface area contributed by atoms with Crippen molar-refractivity contribution in [2.75, 3.05) is 20.2 Å². The van der Waals surface area contributed by atoms with Crippen LogP contribution in [-0.4, -0.2) is 86.4 Å². The Balaban J connectivity index is 1.16. The van der Waals surface area contributed by atoms with Crippen LogP contribution in [0.1, 0.15) is 114 Å². The topological polar surface area (TPSA) is 151 Å². The fourth-order valence-electron chi connectivity index (χ4n) is 7.89. The van der Waals surface area contributed by atoms with Crippen molar-refractivity contribution < 1.29 is 24.5 Å². The van der Waals surface area contributed by atoms with Crippen molar-refractivity contribution >= 4 is 29.1 Å². The number of nitrogens with zero attached hydrogens (tertiary/aromatic N) is 4. The summed E-state index contributed by atoms with van der Waals surface area (Å²) in [5, 5.41) is 35.1. The minimum absolute atomic E-state index is 0.0486. The Hall–Kier alpha value is -2.08. The average molecular weight is 635 g/mol. The number of unbranched alkanes of at least 4 members (excludes halogenated alkanes) is 2. The quantitative estimate of drug-likeness (QED) is 0.215. The fourth-order valence-corrected chi connectivity index (χ4v) is 8.15. The number of ether oxygens (including phenoxy) is 1. The van der Waals surface area contributed by atoms with Crippen molar-refractivity contribution in [1.29, 1.82) is 0 Å². The lowest BCUT2D eigenvalue weighted by Gasteiger charge is -2.39. The Bertz CT molecular complexity index is 1150. The minimum Gasteiger partial charge on any atom is -0.390 e. The predicted octanol–water partition coefficient (Wildman–Crippen LogP) is 3.55. The first-order valence-corrected chi connectivity index (χ1v) is 17.3. The van der Waals surface area contributed by atoms with E-state index in [-0.39, 0.29) is 47.7 Å². The van der Waals surface area contributed by atoms with Gasteiger partial charge in [0.15, 0.2) is 5.82 Å². The van der Waals surface area contributed by atoms with Crippen molar-refractivity contribution in [1.82, 2.24) is 25.4 Å². The zero-order valence-corrected chi connectivity index (χ0v) is 27.1. The monoisotopic (exact) mass is 634 g/mol. The van der Waals surface area contributed by atoms with Crippen molar-refractivity contribution in [3.63, 3.8) is 0 Å². The van der Waals surface area contributed by atoms with E-state index in [1.807, 2.05) is 6.92 Å². The Morgan fingerprint density at radius 3 is 2.48 bits per heavy atom. The number of fused-ring (bicyclic) bond motifs is 3. The second kappa shape index (κ2) is 15.5. The molecule has 3 aliphatic carbocycles. The molecule has 3 fully saturated rings. The molecule has 4 N–H and O–H groups in total. The van der Waals surface area contributed by atoms with Crippen LogP contribution in [0.25, 0.3) is 0 Å². The van der Waals surface area contributed by atoms with Gasteiger partial charge in [-0.05, 0) is 96.3 Å². The van der Waals surface area contributed by atoms with Crippen LogP contribution in [0.15, 0.2) is 4.99 Å². The number of hydrogen-bond donors (Lipinski definition) is 4. The molecule has 246 valence electrons. The SMILES string of the molecule is COC1CCC2C(C1)C(C1CCC(Cl)CC1)=N[C@@H](CC(=O)NCCCCCNC(=O)C1CCCC(O)C1O)c1nnc(C)n12. The lowest BCUT2D eigenvalue weighted by molar-refractivity contribution is -0.135. The molecule has 44 heavy (non-hydrogen) atoms. The van der Waals surface area contributed by atoms with Crippen LogP contribution in [0.2, 0.25) is 0 Å². The third-order valence-electron chi connectivity index (χ3n) is 10.4. The number of halogens is 1. The van der Waals surface area contributed by atoms with Gasteiger partial charge in [-0.3, -0.25) is 14.6 Å². The second-order valence-electron chi connectivity index (χ2n) is 13.3. The number of aryl methyl sites for hydroxylation is 1. The molecule has 11 nitrogen and oxygen atoms in total. The molecule has 2 heterocycles. The second-order valence-corrected chi connectivity index (χ2v) is 14.0. The molecule has 0 spiro atoms. The maximum atomic E-state index is 13.2. The van der Waals surface area contributed by atoms with Gasteiger partial charge < -0.3 is 30.2 Å². The van der Waals surface area contributed by atoms with Gasteiger partial charge in [-0.1, -0.05) is 0 Å². The number of aliphatic hydroxyl groups excluding tert-OH is 2. The van der Waals surface area contributed by atoms with Crippen molar-refractivity contribution in [3.8, 4) is 0 Å². The summed E-state index contributed by atoms with van der Waals surface area (Å²) in [6.45, 7) is 3.06. The lowest BCUT2D eigenvalue weighted by Crippen LogP contribution is -2.45. The summed E-state index contributed by atoms with van der Waals surface area (Å²) in [6.07, 6.45) is 9.82. The van der Waals surface area contributed by atoms with Gasteiger partial charge in [-0.15, -0.1) is 21.8 Å². The molecule has 3 saturated carbocycles. The highest BCUT2D eigenvalue weighted by molar-refractivity contribution is 6.20. The molecular formula is C32H51ClN6O5. The first-order chi connectivity index (χ1) is 21.3. The Morgan fingerprint density at radius 2 is 1.73 bits per heavy atom. The number of nitrogens with one attached hydrogen (secondary N) is 2. The molecule has 1 aliphatic heterocycles. The number of aromatic nitrogens is 3. The van der Waals surface area contributed by atoms with Crippen LogP contribution in [0.4, 0.5) is 0 Å². The first kappa shape index (κ1) is 33.3. The smallest absolute Gasteiger partial charge is 0.225 e. The summed E-state index contributed by atoms with van der Waals surface area (Å²) in [6, 6.07) is -0.158. The summed E-state index contributed by atoms with van der Waals surface area (Å²) in [7, 11) is 1.80. The molecule has 7 atom stereocenters. The van der Waals surface area contributed by atoms with Gasteiger partial charge in [0.05, 0.1) is 30.7 Å². The average Bonchev–Trinajstić information content (AvgIpc) is 3.34. The van der Waals surface area contributed by atoms with Crippen molar-refractivity contribution in [2.45, 2.75) is 133 Å². The highest BCUT2D eigenvalue weighted by atomic mass is 35.5. The summed E-state index contributed by atoms with van der Waals surface area (Å²) >= 11 is 6.48. The number of aliphatic hydroxyl groups is 2. The third-order valence-corrected chi connectivity index (χ3v) is 10.8. The molecule has 0 aromatic carbocycles. The summed E-state index contributed by atoms with van der Waals surface area (Å²) in [5.74, 6) is 1.48. The fraction of sp³-hybridized carbons (Fsp3) is 0.844. The van der Waals surface area contributed by atoms with E-state index in [1.165, 1.54) is 5.71 Å². The maximum absolute atomic E-state index is 13.2. The van der Waals surface area contributed by atoms with Gasteiger partial charge in [-0.2, -0.15) is 0 Å². The molecule has 1 aromatic rings. The van der Waals surface area contributed by atoms with Crippen molar-refractivity contribution in [3.05, 3.63) is 11.6 Å². The molecule has 2 amide bonds. The maximum Gasteiger partial charge on any atom is 0.225 e. The predicted molar refractivity (Wildman–Crippen MR) is 168 cm³/mol. The molecule has 0 radical (unpaired) electrons. The minimum atomic E-state index is -0.988. The Morgan fingerprint density at radius 1 is 0.977 bits per heavy atom. The van der Waals surface area contributed by atoms with E-state index in [0.717, 1.165) is 82.3 Å². The van der Waals surface area contributed by atoms with Crippen LogP contribution in [0, 0.1) is 24.7 Å². The number of aliphatic imine (C=N–C) groups is 1. The molecule has 0 saturated heterocycles. The summed E-state index contributed by atoms with van der Waals surface area (Å²) in [5.41, 5.74) is 1.22. The van der Waals surface area contributed by atoms with Gasteiger partial charge in [0.2, 0.25) is 11.8 Å². The van der Waals surface area contributed by atoms with E-state index in [4.69, 9.17) is 21.3 Å². The Kier molecular flexibility index (Phi) is 11.7. The number of alkyl halides is 1. The number of hydrogen-bond acceptors (Lipinski definition) is 8. The standard InChI is InChI=1S/C32H51ClN6O5/c1-19-37-38-31-25(18-28(41)34-15-4-3-5-16-35-32(43)23-7-6-8-27(40)30(23)42)36-29(20-9-11-21(33)12-10-20)24-17-22(44-2)13-14-26(24)39(19)31/h20-27,30,40,42H,3-18H2,1-2H3,(H,34,41)(H,35,43)/t20?,21?,22?,23?,24?,25-,26?,27?,30?/m0/s1. The van der Waals surface area contributed by atoms with Gasteiger partial charge >= 0.3 is 0 Å². The van der Waals surface area contributed by atoms with E-state index < -0.39 is 18.1 Å². The number of carbonyl (C=O) groups is 2. The number of amides is 2. The van der Waals surface area contributed by atoms with E-state index in [1.54, 1.807) is 7.11 Å². The van der Waals surface area contributed by atoms with Crippen LogP contribution < -0.4 is 10.6 Å². The highest BCUT2D eigenvalue weighted by Crippen LogP contribution is 2.45. The number of carbonyl (C=O) groups excluding carboxylic acids is 2. The molecule has 12 heteroatoms. The number of rotatable bonds is 11. The van der Waals surface area contributed by atoms with Gasteiger partial charge in [-0.25, -0.2) is 0 Å². The zero-order valence-electron chi connectivity index (χ0n) is 26.3. The first-order valence-electron chi connectivity index (χ1n) is 16.8. The number of methoxy groups -OCH3 is 1. The molecule has 6 unspecified atom stereocenters. The van der Waals surface area contributed by atoms with E-state index in [0.29, 0.717) is 31.8 Å². The van der Waals surface area contributed by atoms with Crippen LogP contribution >= 0.6 is 11.6 Å². The summed E-state index contributed by atoms with van der Waals surface area (Å²) < 4.78 is 8.09. The molecule has 5 rings (SSSR count). The zero-order chi connectivity index (χ0) is 31.2. The third kappa shape index (κ3) is 7.82. The van der Waals surface area contributed by atoms with Gasteiger partial charge in [0, 0.05) is 43.2 Å². The summed E-state index contributed by atoms with van der Waals surface area (Å²) in [4.78, 5) is 31.0. The molecule has 4 aliphatic rings. The molecule has 0 bridgehead atoms. The van der Waals surface area contributed by atoms with Crippen molar-refractivity contribution in [2.24, 2.45) is 22.7 Å². The van der Waals surface area contributed by atoms with Crippen LogP contribution in [0.3, 0.4) is 0 Å². The van der Waals surface area contributed by atoms with Gasteiger partial charge in [0.1, 0.15) is 11.9 Å². The molecule has 1 aromatic heterocycles. The van der Waals surface area contributed by atoms with Crippen LogP contribution in [0.5, 0.6) is 0 Å². The Labute approximate surface area is 266 Å². The van der Waals surface area contributed by atoms with E-state index >= 15 is 0 Å². The van der Waals surface area contributed by atoms with E-state index in [9.17, 15) is 19.8 Å². The van der Waals surface area contributed by atoms with Crippen LogP contribution in [-0.2, 0) is 14.3 Å². The highest BCUT2D eigenvalue weighted by Gasteiger charge is 2.43. The molecular weight excluding hydrogens is 584 g/mol. The largest absolute Gasteiger partial charge is 0.390 e. The van der Waals surface area contributed by atoms with E-state index in [2.05, 4.69) is 25.4 Å². The van der Waals surface area contributed by atoms with Gasteiger partial charge in [0.25, 0.3) is 0 Å². The lowest BCUT2D eigenvalue weighted by atomic mass is 9.72. The normalized spacial score (nSPS) is 33.8.